The summed E-state index contributed by atoms with van der Waals surface area (Å²) in [6.45, 7) is 2.68. The maximum Gasteiger partial charge on any atom is 0.264 e. The van der Waals surface area contributed by atoms with Gasteiger partial charge in [-0.25, -0.2) is 0 Å². The Morgan fingerprint density at radius 3 is 2.45 bits per heavy atom. The minimum Gasteiger partial charge on any atom is -0.496 e. The molecule has 1 aromatic heterocycles. The molecular formula is C25H31N3O5. The highest BCUT2D eigenvalue weighted by Crippen LogP contribution is 2.44. The van der Waals surface area contributed by atoms with Gasteiger partial charge in [-0.15, -0.1) is 0 Å². The van der Waals surface area contributed by atoms with Crippen molar-refractivity contribution in [2.75, 3.05) is 20.8 Å². The van der Waals surface area contributed by atoms with Crippen molar-refractivity contribution in [3.8, 4) is 11.5 Å². The summed E-state index contributed by atoms with van der Waals surface area (Å²) in [6.07, 6.45) is 6.62. The summed E-state index contributed by atoms with van der Waals surface area (Å²) in [4.78, 5) is 33.1. The summed E-state index contributed by atoms with van der Waals surface area (Å²) in [6, 6.07) is 8.18. The molecular weight excluding hydrogens is 422 g/mol. The number of aromatic nitrogens is 1. The topological polar surface area (TPSA) is 90.0 Å². The molecule has 2 aromatic rings. The van der Waals surface area contributed by atoms with Crippen LogP contribution in [0, 0.1) is 5.92 Å². The Bertz CT molecular complexity index is 967. The molecule has 1 spiro atoms. The van der Waals surface area contributed by atoms with Gasteiger partial charge >= 0.3 is 0 Å². The first-order valence-electron chi connectivity index (χ1n) is 11.3. The van der Waals surface area contributed by atoms with Gasteiger partial charge in [0.2, 0.25) is 5.91 Å². The second kappa shape index (κ2) is 9.79. The van der Waals surface area contributed by atoms with E-state index in [9.17, 15) is 9.59 Å². The van der Waals surface area contributed by atoms with Gasteiger partial charge in [0, 0.05) is 18.9 Å². The van der Waals surface area contributed by atoms with Gasteiger partial charge < -0.3 is 19.5 Å². The zero-order valence-corrected chi connectivity index (χ0v) is 19.4. The Kier molecular flexibility index (Phi) is 6.83. The maximum atomic E-state index is 14.0. The lowest BCUT2D eigenvalue weighted by molar-refractivity contribution is -0.128. The quantitative estimate of drug-likeness (QED) is 0.723. The van der Waals surface area contributed by atoms with E-state index in [4.69, 9.17) is 14.2 Å². The van der Waals surface area contributed by atoms with E-state index in [-0.39, 0.29) is 18.4 Å². The smallest absolute Gasteiger partial charge is 0.264 e. The number of methoxy groups -OCH3 is 2. The van der Waals surface area contributed by atoms with Crippen LogP contribution < -0.4 is 14.8 Å². The Morgan fingerprint density at radius 2 is 1.85 bits per heavy atom. The number of pyridine rings is 1. The third-order valence-corrected chi connectivity index (χ3v) is 6.67. The number of hydrogen-bond acceptors (Lipinski definition) is 6. The average molecular weight is 454 g/mol. The second-order valence-electron chi connectivity index (χ2n) is 8.75. The minimum absolute atomic E-state index is 0.149. The molecule has 33 heavy (non-hydrogen) atoms. The molecule has 0 bridgehead atoms. The van der Waals surface area contributed by atoms with Gasteiger partial charge in [-0.1, -0.05) is 19.1 Å². The summed E-state index contributed by atoms with van der Waals surface area (Å²) in [5.41, 5.74) is 0.373. The first-order valence-corrected chi connectivity index (χ1v) is 11.3. The fourth-order valence-electron chi connectivity index (χ4n) is 4.77. The van der Waals surface area contributed by atoms with Crippen molar-refractivity contribution in [3.63, 3.8) is 0 Å². The van der Waals surface area contributed by atoms with Gasteiger partial charge in [0.15, 0.2) is 0 Å². The van der Waals surface area contributed by atoms with E-state index >= 15 is 0 Å². The number of nitrogens with one attached hydrogen (secondary N) is 1. The Balaban J connectivity index is 1.66. The van der Waals surface area contributed by atoms with Crippen LogP contribution in [0.1, 0.15) is 48.5 Å². The number of ether oxygens (including phenoxy) is 3. The number of rotatable bonds is 6. The summed E-state index contributed by atoms with van der Waals surface area (Å²) in [7, 11) is 3.03. The molecule has 176 valence electrons. The van der Waals surface area contributed by atoms with E-state index in [2.05, 4.69) is 17.2 Å². The van der Waals surface area contributed by atoms with Crippen LogP contribution in [0.4, 0.5) is 0 Å². The first-order chi connectivity index (χ1) is 16.0. The predicted octanol–water partition coefficient (Wildman–Crippen LogP) is 3.16. The van der Waals surface area contributed by atoms with Gasteiger partial charge in [-0.3, -0.25) is 19.5 Å². The normalized spacial score (nSPS) is 24.5. The van der Waals surface area contributed by atoms with Crippen molar-refractivity contribution in [3.05, 3.63) is 53.9 Å². The third kappa shape index (κ3) is 4.53. The van der Waals surface area contributed by atoms with Crippen molar-refractivity contribution in [2.45, 2.75) is 50.9 Å². The van der Waals surface area contributed by atoms with E-state index in [1.807, 2.05) is 12.1 Å². The van der Waals surface area contributed by atoms with Crippen LogP contribution in [-0.4, -0.2) is 54.3 Å². The third-order valence-electron chi connectivity index (χ3n) is 6.67. The van der Waals surface area contributed by atoms with Gasteiger partial charge in [0.05, 0.1) is 20.8 Å². The van der Waals surface area contributed by atoms with Crippen LogP contribution >= 0.6 is 0 Å². The zero-order chi connectivity index (χ0) is 23.4. The van der Waals surface area contributed by atoms with E-state index in [0.717, 1.165) is 18.4 Å². The summed E-state index contributed by atoms with van der Waals surface area (Å²) < 4.78 is 17.2. The fraction of sp³-hybridized carbons (Fsp3) is 0.480. The minimum atomic E-state index is -0.814. The molecule has 1 atom stereocenters. The van der Waals surface area contributed by atoms with E-state index in [0.29, 0.717) is 42.4 Å². The van der Waals surface area contributed by atoms with Gasteiger partial charge in [0.25, 0.3) is 5.91 Å². The Labute approximate surface area is 194 Å². The molecule has 2 aliphatic rings. The number of benzene rings is 1. The first kappa shape index (κ1) is 23.0. The lowest BCUT2D eigenvalue weighted by atomic mass is 9.83. The molecule has 1 aliphatic carbocycles. The standard InChI is InChI=1S/C25H31N3O5/c1-17-9-11-25(12-10-17)28(24(30)22-20(31-2)7-4-8-21(22)32-3)19(16-33-25)23(29)27-15-18-6-5-13-26-14-18/h4-8,13-14,17,19H,9-12,15-16H2,1-3H3,(H,27,29)/t17?,19-,25?/m0/s1. The molecule has 0 unspecified atom stereocenters. The molecule has 1 aliphatic heterocycles. The van der Waals surface area contributed by atoms with E-state index < -0.39 is 11.8 Å². The van der Waals surface area contributed by atoms with Crippen LogP contribution in [0.2, 0.25) is 0 Å². The van der Waals surface area contributed by atoms with Gasteiger partial charge in [0.1, 0.15) is 28.8 Å². The van der Waals surface area contributed by atoms with Crippen molar-refractivity contribution in [2.24, 2.45) is 5.92 Å². The maximum absolute atomic E-state index is 14.0. The molecule has 1 aromatic carbocycles. The Hall–Kier alpha value is -3.13. The van der Waals surface area contributed by atoms with Crippen molar-refractivity contribution in [1.29, 1.82) is 0 Å². The molecule has 1 N–H and O–H groups in total. The van der Waals surface area contributed by atoms with Crippen molar-refractivity contribution < 1.29 is 23.8 Å². The number of nitrogens with zero attached hydrogens (tertiary/aromatic N) is 2. The molecule has 2 heterocycles. The van der Waals surface area contributed by atoms with Crippen molar-refractivity contribution in [1.82, 2.24) is 15.2 Å². The molecule has 8 nitrogen and oxygen atoms in total. The van der Waals surface area contributed by atoms with Crippen LogP contribution in [-0.2, 0) is 16.1 Å². The fourth-order valence-corrected chi connectivity index (χ4v) is 4.77. The highest BCUT2D eigenvalue weighted by molar-refractivity contribution is 6.02. The van der Waals surface area contributed by atoms with Crippen LogP contribution in [0.5, 0.6) is 11.5 Å². The lowest BCUT2D eigenvalue weighted by Gasteiger charge is -2.43. The molecule has 2 amide bonds. The van der Waals surface area contributed by atoms with Crippen LogP contribution in [0.25, 0.3) is 0 Å². The number of hydrogen-bond donors (Lipinski definition) is 1. The van der Waals surface area contributed by atoms with Crippen LogP contribution in [0.15, 0.2) is 42.7 Å². The molecule has 0 radical (unpaired) electrons. The van der Waals surface area contributed by atoms with Gasteiger partial charge in [-0.2, -0.15) is 0 Å². The van der Waals surface area contributed by atoms with Crippen molar-refractivity contribution >= 4 is 11.8 Å². The SMILES string of the molecule is COc1cccc(OC)c1C(=O)N1[C@H](C(=O)NCc2cccnc2)COC12CCC(C)CC2. The number of carbonyl (C=O) groups is 2. The molecule has 8 heteroatoms. The number of carbonyl (C=O) groups excluding carboxylic acids is 2. The van der Waals surface area contributed by atoms with E-state index in [1.54, 1.807) is 35.5 Å². The zero-order valence-electron chi connectivity index (χ0n) is 19.4. The summed E-state index contributed by atoms with van der Waals surface area (Å²) in [5.74, 6) is 0.782. The highest BCUT2D eigenvalue weighted by atomic mass is 16.5. The predicted molar refractivity (Wildman–Crippen MR) is 122 cm³/mol. The van der Waals surface area contributed by atoms with E-state index in [1.165, 1.54) is 14.2 Å². The molecule has 1 saturated carbocycles. The molecule has 2 fully saturated rings. The Morgan fingerprint density at radius 1 is 1.15 bits per heavy atom. The largest absolute Gasteiger partial charge is 0.496 e. The monoisotopic (exact) mass is 453 g/mol. The number of amides is 2. The average Bonchev–Trinajstić information content (AvgIpc) is 3.23. The lowest BCUT2D eigenvalue weighted by Crippen LogP contribution is -2.56. The second-order valence-corrected chi connectivity index (χ2v) is 8.75. The summed E-state index contributed by atoms with van der Waals surface area (Å²) >= 11 is 0. The highest BCUT2D eigenvalue weighted by Gasteiger charge is 2.54. The summed E-state index contributed by atoms with van der Waals surface area (Å²) in [5, 5.41) is 2.95. The molecule has 4 rings (SSSR count). The van der Waals surface area contributed by atoms with Crippen LogP contribution in [0.3, 0.4) is 0 Å². The van der Waals surface area contributed by atoms with Gasteiger partial charge in [-0.05, 0) is 55.4 Å². The molecule has 1 saturated heterocycles.